The third-order valence-electron chi connectivity index (χ3n) is 3.66. The number of hydrogen-bond acceptors (Lipinski definition) is 3. The van der Waals surface area contributed by atoms with E-state index in [9.17, 15) is 4.79 Å². The number of aryl methyl sites for hydroxylation is 1. The maximum absolute atomic E-state index is 12.1. The summed E-state index contributed by atoms with van der Waals surface area (Å²) < 4.78 is 4.95. The van der Waals surface area contributed by atoms with E-state index in [1.807, 2.05) is 38.1 Å². The summed E-state index contributed by atoms with van der Waals surface area (Å²) in [6, 6.07) is 8.03. The highest BCUT2D eigenvalue weighted by molar-refractivity contribution is 5.82. The number of carbonyl (C=O) groups is 1. The van der Waals surface area contributed by atoms with Crippen molar-refractivity contribution in [3.05, 3.63) is 35.4 Å². The molecule has 0 spiro atoms. The van der Waals surface area contributed by atoms with Crippen LogP contribution in [0.15, 0.2) is 24.3 Å². The summed E-state index contributed by atoms with van der Waals surface area (Å²) >= 11 is 0. The molecule has 0 bridgehead atoms. The van der Waals surface area contributed by atoms with Crippen LogP contribution in [0, 0.1) is 12.8 Å². The highest BCUT2D eigenvalue weighted by Crippen LogP contribution is 2.30. The third-order valence-corrected chi connectivity index (χ3v) is 3.66. The van der Waals surface area contributed by atoms with E-state index in [0.717, 1.165) is 18.0 Å². The molecule has 1 N–H and O–H groups in total. The molecule has 1 aromatic carbocycles. The van der Waals surface area contributed by atoms with Crippen molar-refractivity contribution < 1.29 is 9.53 Å². The summed E-state index contributed by atoms with van der Waals surface area (Å²) in [6.07, 6.45) is 2.52. The van der Waals surface area contributed by atoms with Gasteiger partial charge in [0.05, 0.1) is 7.11 Å². The molecule has 2 rings (SSSR count). The van der Waals surface area contributed by atoms with Gasteiger partial charge in [-0.15, -0.1) is 0 Å². The van der Waals surface area contributed by atoms with Crippen molar-refractivity contribution in [2.24, 2.45) is 5.92 Å². The van der Waals surface area contributed by atoms with Crippen LogP contribution in [0.3, 0.4) is 0 Å². The maximum atomic E-state index is 12.1. The first-order chi connectivity index (χ1) is 8.56. The zero-order valence-electron chi connectivity index (χ0n) is 11.3. The fourth-order valence-corrected chi connectivity index (χ4v) is 2.05. The highest BCUT2D eigenvalue weighted by atomic mass is 16.5. The van der Waals surface area contributed by atoms with Crippen LogP contribution in [0.4, 0.5) is 0 Å². The lowest BCUT2D eigenvalue weighted by molar-refractivity contribution is -0.148. The molecule has 0 heterocycles. The Kier molecular flexibility index (Phi) is 3.71. The Labute approximate surface area is 109 Å². The minimum absolute atomic E-state index is 0.230. The predicted molar refractivity (Wildman–Crippen MR) is 71.3 cm³/mol. The third kappa shape index (κ3) is 2.72. The van der Waals surface area contributed by atoms with Crippen LogP contribution in [0.2, 0.25) is 0 Å². The van der Waals surface area contributed by atoms with Crippen molar-refractivity contribution >= 4 is 5.97 Å². The Morgan fingerprint density at radius 2 is 2.00 bits per heavy atom. The monoisotopic (exact) mass is 247 g/mol. The molecule has 0 aromatic heterocycles. The summed E-state index contributed by atoms with van der Waals surface area (Å²) in [5.74, 6) is 0.492. The number of esters is 1. The Balaban J connectivity index is 2.21. The van der Waals surface area contributed by atoms with Crippen molar-refractivity contribution in [3.63, 3.8) is 0 Å². The smallest absolute Gasteiger partial charge is 0.330 e. The molecule has 1 saturated carbocycles. The van der Waals surface area contributed by atoms with Crippen LogP contribution in [-0.2, 0) is 15.1 Å². The number of carbonyl (C=O) groups excluding carboxylic acids is 1. The summed E-state index contributed by atoms with van der Waals surface area (Å²) in [6.45, 7) is 4.81. The zero-order chi connectivity index (χ0) is 13.2. The molecule has 1 aliphatic carbocycles. The van der Waals surface area contributed by atoms with Crippen molar-refractivity contribution in [1.82, 2.24) is 5.32 Å². The van der Waals surface area contributed by atoms with E-state index in [4.69, 9.17) is 4.74 Å². The number of ether oxygens (including phenoxy) is 1. The van der Waals surface area contributed by atoms with E-state index in [-0.39, 0.29) is 5.97 Å². The summed E-state index contributed by atoms with van der Waals surface area (Å²) in [5, 5.41) is 3.37. The van der Waals surface area contributed by atoms with Crippen LogP contribution in [-0.4, -0.2) is 19.6 Å². The van der Waals surface area contributed by atoms with Crippen LogP contribution in [0.1, 0.15) is 30.9 Å². The molecule has 0 saturated heterocycles. The van der Waals surface area contributed by atoms with Gasteiger partial charge < -0.3 is 4.74 Å². The van der Waals surface area contributed by atoms with Crippen LogP contribution < -0.4 is 5.32 Å². The van der Waals surface area contributed by atoms with E-state index >= 15 is 0 Å². The maximum Gasteiger partial charge on any atom is 0.330 e. The van der Waals surface area contributed by atoms with E-state index in [1.54, 1.807) is 0 Å². The molecule has 98 valence electrons. The molecule has 0 radical (unpaired) electrons. The number of methoxy groups -OCH3 is 1. The van der Waals surface area contributed by atoms with Gasteiger partial charge in [0, 0.05) is 0 Å². The van der Waals surface area contributed by atoms with Gasteiger partial charge in [-0.3, -0.25) is 5.32 Å². The van der Waals surface area contributed by atoms with E-state index in [1.165, 1.54) is 25.5 Å². The summed E-state index contributed by atoms with van der Waals surface area (Å²) in [5.41, 5.74) is 1.40. The van der Waals surface area contributed by atoms with Gasteiger partial charge in [0.1, 0.15) is 5.54 Å². The van der Waals surface area contributed by atoms with Gasteiger partial charge in [0.2, 0.25) is 0 Å². The zero-order valence-corrected chi connectivity index (χ0v) is 11.3. The van der Waals surface area contributed by atoms with Gasteiger partial charge in [0.15, 0.2) is 0 Å². The second kappa shape index (κ2) is 5.11. The number of hydrogen-bond donors (Lipinski definition) is 1. The van der Waals surface area contributed by atoms with Gasteiger partial charge in [0.25, 0.3) is 0 Å². The molecule has 0 aliphatic heterocycles. The molecule has 18 heavy (non-hydrogen) atoms. The first-order valence-corrected chi connectivity index (χ1v) is 6.47. The Hall–Kier alpha value is -1.35. The SMILES string of the molecule is COC(=O)C(C)(NCC1CC1)c1ccc(C)cc1. The average molecular weight is 247 g/mol. The second-order valence-corrected chi connectivity index (χ2v) is 5.31. The predicted octanol–water partition coefficient (Wildman–Crippen LogP) is 2.38. The lowest BCUT2D eigenvalue weighted by Crippen LogP contribution is -2.48. The average Bonchev–Trinajstić information content (AvgIpc) is 3.19. The molecular formula is C15H21NO2. The minimum atomic E-state index is -0.745. The fraction of sp³-hybridized carbons (Fsp3) is 0.533. The van der Waals surface area contributed by atoms with Crippen molar-refractivity contribution in [2.45, 2.75) is 32.2 Å². The largest absolute Gasteiger partial charge is 0.467 e. The molecule has 1 atom stereocenters. The Morgan fingerprint density at radius 3 is 2.50 bits per heavy atom. The Morgan fingerprint density at radius 1 is 1.39 bits per heavy atom. The number of rotatable bonds is 5. The van der Waals surface area contributed by atoms with Gasteiger partial charge in [-0.05, 0) is 44.7 Å². The summed E-state index contributed by atoms with van der Waals surface area (Å²) in [7, 11) is 1.44. The molecule has 1 aromatic rings. The molecule has 3 heteroatoms. The molecule has 1 fully saturated rings. The first kappa shape index (κ1) is 13.1. The second-order valence-electron chi connectivity index (χ2n) is 5.31. The Bertz CT molecular complexity index is 423. The van der Waals surface area contributed by atoms with Gasteiger partial charge in [-0.2, -0.15) is 0 Å². The van der Waals surface area contributed by atoms with Crippen LogP contribution in [0.5, 0.6) is 0 Å². The van der Waals surface area contributed by atoms with Gasteiger partial charge in [-0.25, -0.2) is 4.79 Å². The lowest BCUT2D eigenvalue weighted by atomic mass is 9.91. The topological polar surface area (TPSA) is 38.3 Å². The van der Waals surface area contributed by atoms with Crippen molar-refractivity contribution in [3.8, 4) is 0 Å². The van der Waals surface area contributed by atoms with E-state index in [0.29, 0.717) is 0 Å². The molecule has 1 aliphatic rings. The van der Waals surface area contributed by atoms with Crippen LogP contribution in [0.25, 0.3) is 0 Å². The van der Waals surface area contributed by atoms with E-state index < -0.39 is 5.54 Å². The number of benzene rings is 1. The fourth-order valence-electron chi connectivity index (χ4n) is 2.05. The quantitative estimate of drug-likeness (QED) is 0.812. The summed E-state index contributed by atoms with van der Waals surface area (Å²) in [4.78, 5) is 12.1. The van der Waals surface area contributed by atoms with Gasteiger partial charge in [-0.1, -0.05) is 29.8 Å². The molecule has 0 amide bonds. The lowest BCUT2D eigenvalue weighted by Gasteiger charge is -2.28. The molecule has 1 unspecified atom stereocenters. The minimum Gasteiger partial charge on any atom is -0.467 e. The number of nitrogens with one attached hydrogen (secondary N) is 1. The standard InChI is InChI=1S/C15H21NO2/c1-11-4-8-13(9-5-11)15(2,14(17)18-3)16-10-12-6-7-12/h4-5,8-9,12,16H,6-7,10H2,1-3H3. The van der Waals surface area contributed by atoms with Crippen molar-refractivity contribution in [1.29, 1.82) is 0 Å². The van der Waals surface area contributed by atoms with Crippen molar-refractivity contribution in [2.75, 3.05) is 13.7 Å². The van der Waals surface area contributed by atoms with Crippen LogP contribution >= 0.6 is 0 Å². The van der Waals surface area contributed by atoms with Gasteiger partial charge >= 0.3 is 5.97 Å². The highest BCUT2D eigenvalue weighted by Gasteiger charge is 2.37. The normalized spacial score (nSPS) is 18.2. The molecular weight excluding hydrogens is 226 g/mol. The first-order valence-electron chi connectivity index (χ1n) is 6.47. The molecule has 3 nitrogen and oxygen atoms in total. The van der Waals surface area contributed by atoms with E-state index in [2.05, 4.69) is 5.32 Å².